The highest BCUT2D eigenvalue weighted by Gasteiger charge is 2.35. The lowest BCUT2D eigenvalue weighted by molar-refractivity contribution is 0.0914. The monoisotopic (exact) mass is 296 g/mol. The molecular weight excluding hydrogens is 268 g/mol. The third-order valence-corrected chi connectivity index (χ3v) is 4.65. The Kier molecular flexibility index (Phi) is 5.76. The second-order valence-corrected chi connectivity index (χ2v) is 6.46. The van der Waals surface area contributed by atoms with Crippen molar-refractivity contribution in [3.8, 4) is 0 Å². The van der Waals surface area contributed by atoms with Crippen LogP contribution in [0.5, 0.6) is 0 Å². The summed E-state index contributed by atoms with van der Waals surface area (Å²) in [5.74, 6) is 0. The van der Waals surface area contributed by atoms with Crippen LogP contribution >= 0.6 is 0 Å². The van der Waals surface area contributed by atoms with Gasteiger partial charge in [-0.05, 0) is 44.9 Å². The Morgan fingerprint density at radius 3 is 1.59 bits per heavy atom. The first-order chi connectivity index (χ1) is 10.6. The first kappa shape index (κ1) is 16.7. The van der Waals surface area contributed by atoms with Crippen molar-refractivity contribution in [3.05, 3.63) is 71.8 Å². The van der Waals surface area contributed by atoms with E-state index in [-0.39, 0.29) is 5.54 Å². The van der Waals surface area contributed by atoms with Gasteiger partial charge in [-0.15, -0.1) is 0 Å². The highest BCUT2D eigenvalue weighted by atomic mass is 15.2. The van der Waals surface area contributed by atoms with Gasteiger partial charge in [-0.2, -0.15) is 0 Å². The molecule has 0 heterocycles. The van der Waals surface area contributed by atoms with Crippen LogP contribution in [0.3, 0.4) is 0 Å². The van der Waals surface area contributed by atoms with Crippen molar-refractivity contribution in [1.82, 2.24) is 4.90 Å². The van der Waals surface area contributed by atoms with Crippen molar-refractivity contribution >= 4 is 0 Å². The molecule has 0 radical (unpaired) electrons. The summed E-state index contributed by atoms with van der Waals surface area (Å²) in [5, 5.41) is 0. The predicted octanol–water partition coefficient (Wildman–Crippen LogP) is 3.51. The van der Waals surface area contributed by atoms with Crippen LogP contribution in [-0.4, -0.2) is 30.1 Å². The second kappa shape index (κ2) is 7.57. The van der Waals surface area contributed by atoms with E-state index in [0.29, 0.717) is 12.6 Å². The molecule has 0 aromatic heterocycles. The Morgan fingerprint density at radius 2 is 1.27 bits per heavy atom. The molecule has 2 heteroatoms. The summed E-state index contributed by atoms with van der Waals surface area (Å²) < 4.78 is 0. The van der Waals surface area contributed by atoms with Crippen LogP contribution in [0.1, 0.15) is 25.0 Å². The fourth-order valence-electron chi connectivity index (χ4n) is 3.10. The molecule has 0 aliphatic heterocycles. The van der Waals surface area contributed by atoms with E-state index in [0.717, 1.165) is 12.8 Å². The number of likely N-dealkylation sites (N-methyl/N-ethyl adjacent to an activating group) is 1. The first-order valence-corrected chi connectivity index (χ1v) is 8.08. The zero-order valence-electron chi connectivity index (χ0n) is 14.0. The lowest BCUT2D eigenvalue weighted by atomic mass is 9.82. The van der Waals surface area contributed by atoms with Crippen molar-refractivity contribution < 1.29 is 0 Å². The minimum atomic E-state index is -0.0587. The fraction of sp³-hybridized carbons (Fsp3) is 0.400. The van der Waals surface area contributed by atoms with Crippen LogP contribution in [0.25, 0.3) is 0 Å². The Labute approximate surface area is 135 Å². The third-order valence-electron chi connectivity index (χ3n) is 4.65. The Hall–Kier alpha value is -1.64. The quantitative estimate of drug-likeness (QED) is 0.847. The van der Waals surface area contributed by atoms with Crippen LogP contribution in [0, 0.1) is 0 Å². The zero-order valence-corrected chi connectivity index (χ0v) is 14.0. The molecular formula is C20H28N2. The maximum absolute atomic E-state index is 6.30. The molecule has 22 heavy (non-hydrogen) atoms. The summed E-state index contributed by atoms with van der Waals surface area (Å²) in [4.78, 5) is 2.44. The second-order valence-electron chi connectivity index (χ2n) is 6.46. The normalized spacial score (nSPS) is 12.1. The van der Waals surface area contributed by atoms with Crippen molar-refractivity contribution in [1.29, 1.82) is 0 Å². The molecule has 0 unspecified atom stereocenters. The summed E-state index contributed by atoms with van der Waals surface area (Å²) in [6.45, 7) is 5.12. The van der Waals surface area contributed by atoms with Gasteiger partial charge in [0.1, 0.15) is 0 Å². The largest absolute Gasteiger partial charge is 0.329 e. The average Bonchev–Trinajstić information content (AvgIpc) is 2.55. The third kappa shape index (κ3) is 3.96. The van der Waals surface area contributed by atoms with Gasteiger partial charge in [0.05, 0.1) is 0 Å². The number of nitrogens with zero attached hydrogens (tertiary/aromatic N) is 1. The maximum Gasteiger partial charge on any atom is 0.0411 e. The standard InChI is InChI=1S/C20H28N2/c1-17(2)22(3)20(16-21,14-18-10-6-4-7-11-18)15-19-12-8-5-9-13-19/h4-13,17H,14-16,21H2,1-3H3. The average molecular weight is 296 g/mol. The number of hydrogen-bond donors (Lipinski definition) is 1. The molecule has 0 saturated carbocycles. The lowest BCUT2D eigenvalue weighted by Crippen LogP contribution is -2.57. The van der Waals surface area contributed by atoms with Gasteiger partial charge >= 0.3 is 0 Å². The van der Waals surface area contributed by atoms with Gasteiger partial charge in [0, 0.05) is 18.1 Å². The van der Waals surface area contributed by atoms with Crippen LogP contribution < -0.4 is 5.73 Å². The maximum atomic E-state index is 6.30. The Morgan fingerprint density at radius 1 is 0.864 bits per heavy atom. The van der Waals surface area contributed by atoms with Gasteiger partial charge in [0.25, 0.3) is 0 Å². The molecule has 0 bridgehead atoms. The van der Waals surface area contributed by atoms with E-state index < -0.39 is 0 Å². The van der Waals surface area contributed by atoms with E-state index in [1.165, 1.54) is 11.1 Å². The first-order valence-electron chi connectivity index (χ1n) is 8.08. The van der Waals surface area contributed by atoms with Crippen LogP contribution in [0.4, 0.5) is 0 Å². The van der Waals surface area contributed by atoms with Crippen molar-refractivity contribution in [2.45, 2.75) is 38.3 Å². The summed E-state index contributed by atoms with van der Waals surface area (Å²) in [6, 6.07) is 21.8. The highest BCUT2D eigenvalue weighted by Crippen LogP contribution is 2.26. The molecule has 2 nitrogen and oxygen atoms in total. The van der Waals surface area contributed by atoms with Crippen molar-refractivity contribution in [2.75, 3.05) is 13.6 Å². The Bertz CT molecular complexity index is 507. The molecule has 0 aliphatic rings. The van der Waals surface area contributed by atoms with Gasteiger partial charge in [-0.1, -0.05) is 60.7 Å². The predicted molar refractivity (Wildman–Crippen MR) is 95.0 cm³/mol. The molecule has 0 amide bonds. The molecule has 2 aromatic rings. The van der Waals surface area contributed by atoms with Crippen molar-refractivity contribution in [3.63, 3.8) is 0 Å². The fourth-order valence-corrected chi connectivity index (χ4v) is 3.10. The molecule has 2 rings (SSSR count). The molecule has 0 atom stereocenters. The molecule has 118 valence electrons. The molecule has 0 fully saturated rings. The van der Waals surface area contributed by atoms with Gasteiger partial charge in [-0.25, -0.2) is 0 Å². The topological polar surface area (TPSA) is 29.3 Å². The van der Waals surface area contributed by atoms with Crippen LogP contribution in [-0.2, 0) is 12.8 Å². The van der Waals surface area contributed by atoms with E-state index in [9.17, 15) is 0 Å². The van der Waals surface area contributed by atoms with Gasteiger partial charge < -0.3 is 5.73 Å². The van der Waals surface area contributed by atoms with Gasteiger partial charge in [0.15, 0.2) is 0 Å². The minimum absolute atomic E-state index is 0.0587. The smallest absolute Gasteiger partial charge is 0.0411 e. The zero-order chi connectivity index (χ0) is 16.0. The summed E-state index contributed by atoms with van der Waals surface area (Å²) in [5.41, 5.74) is 8.93. The Balaban J connectivity index is 2.33. The number of rotatable bonds is 7. The molecule has 2 N–H and O–H groups in total. The summed E-state index contributed by atoms with van der Waals surface area (Å²) in [7, 11) is 2.20. The number of hydrogen-bond acceptors (Lipinski definition) is 2. The molecule has 0 saturated heterocycles. The SMILES string of the molecule is CC(C)N(C)C(CN)(Cc1ccccc1)Cc1ccccc1. The van der Waals surface area contributed by atoms with E-state index in [1.54, 1.807) is 0 Å². The van der Waals surface area contributed by atoms with E-state index in [1.807, 2.05) is 0 Å². The molecule has 2 aromatic carbocycles. The lowest BCUT2D eigenvalue weighted by Gasteiger charge is -2.44. The van der Waals surface area contributed by atoms with E-state index in [2.05, 4.69) is 86.5 Å². The van der Waals surface area contributed by atoms with Gasteiger partial charge in [0.2, 0.25) is 0 Å². The van der Waals surface area contributed by atoms with Crippen LogP contribution in [0.15, 0.2) is 60.7 Å². The van der Waals surface area contributed by atoms with Gasteiger partial charge in [-0.3, -0.25) is 4.90 Å². The van der Waals surface area contributed by atoms with E-state index >= 15 is 0 Å². The number of benzene rings is 2. The number of nitrogens with two attached hydrogens (primary N) is 1. The molecule has 0 spiro atoms. The van der Waals surface area contributed by atoms with E-state index in [4.69, 9.17) is 5.73 Å². The minimum Gasteiger partial charge on any atom is -0.329 e. The summed E-state index contributed by atoms with van der Waals surface area (Å²) in [6.07, 6.45) is 1.93. The van der Waals surface area contributed by atoms with Crippen molar-refractivity contribution in [2.24, 2.45) is 5.73 Å². The highest BCUT2D eigenvalue weighted by molar-refractivity contribution is 5.23. The van der Waals surface area contributed by atoms with Crippen LogP contribution in [0.2, 0.25) is 0 Å². The molecule has 0 aliphatic carbocycles. The summed E-state index contributed by atoms with van der Waals surface area (Å²) >= 11 is 0.